The molecular weight excluding hydrogens is 496 g/mol. The van der Waals surface area contributed by atoms with E-state index in [1.807, 2.05) is 6.07 Å². The Kier molecular flexibility index (Phi) is 6.59. The Morgan fingerprint density at radius 2 is 1.87 bits per heavy atom. The summed E-state index contributed by atoms with van der Waals surface area (Å²) in [5.41, 5.74) is 7.44. The smallest absolute Gasteiger partial charge is 0.274 e. The van der Waals surface area contributed by atoms with Gasteiger partial charge in [0.2, 0.25) is 0 Å². The van der Waals surface area contributed by atoms with Gasteiger partial charge in [-0.25, -0.2) is 14.5 Å². The van der Waals surface area contributed by atoms with Gasteiger partial charge >= 0.3 is 0 Å². The Hall–Kier alpha value is -5.76. The number of fused-ring (bicyclic) bond motifs is 2. The molecule has 0 radical (unpaired) electrons. The molecule has 1 unspecified atom stereocenters. The molecule has 0 saturated heterocycles. The highest BCUT2D eigenvalue weighted by Crippen LogP contribution is 2.21. The number of carbonyl (C=O) groups excluding carboxylic acids is 2. The molecule has 5 aromatic rings. The zero-order valence-corrected chi connectivity index (χ0v) is 20.8. The molecule has 0 spiro atoms. The molecular formula is C28H22N8O3. The van der Waals surface area contributed by atoms with E-state index in [4.69, 9.17) is 10.7 Å². The Bertz CT molecular complexity index is 1880. The highest BCUT2D eigenvalue weighted by atomic mass is 16.2. The van der Waals surface area contributed by atoms with Gasteiger partial charge in [0.15, 0.2) is 17.2 Å². The summed E-state index contributed by atoms with van der Waals surface area (Å²) < 4.78 is 2.78. The lowest BCUT2D eigenvalue weighted by Gasteiger charge is -2.20. The highest BCUT2D eigenvalue weighted by Gasteiger charge is 2.24. The maximum atomic E-state index is 14.0. The lowest BCUT2D eigenvalue weighted by Crippen LogP contribution is -2.34. The van der Waals surface area contributed by atoms with E-state index in [0.29, 0.717) is 22.4 Å². The third-order valence-electron chi connectivity index (χ3n) is 5.88. The first-order valence-electron chi connectivity index (χ1n) is 11.8. The van der Waals surface area contributed by atoms with Crippen molar-refractivity contribution in [2.75, 3.05) is 5.73 Å². The maximum Gasteiger partial charge on any atom is 0.274 e. The van der Waals surface area contributed by atoms with Crippen LogP contribution in [0.4, 0.5) is 5.82 Å². The van der Waals surface area contributed by atoms with Gasteiger partial charge in [-0.15, -0.1) is 0 Å². The summed E-state index contributed by atoms with van der Waals surface area (Å²) in [5, 5.41) is 9.69. The van der Waals surface area contributed by atoms with Gasteiger partial charge < -0.3 is 11.1 Å². The SMILES string of the molecule is C=CC(=O)NC#Cc1cccc2nc(C(C)NC(=O)c3c(N)nc4cccnn34)n(-c3ccccc3)c(=O)c12. The largest absolute Gasteiger partial charge is 0.382 e. The number of hydrogen-bond acceptors (Lipinski definition) is 7. The molecule has 0 saturated carbocycles. The van der Waals surface area contributed by atoms with Crippen molar-refractivity contribution in [2.45, 2.75) is 13.0 Å². The van der Waals surface area contributed by atoms with Crippen molar-refractivity contribution in [2.24, 2.45) is 0 Å². The van der Waals surface area contributed by atoms with Crippen LogP contribution in [0.25, 0.3) is 22.2 Å². The summed E-state index contributed by atoms with van der Waals surface area (Å²) in [5.74, 6) is 2.13. The van der Waals surface area contributed by atoms with Gasteiger partial charge in [0.1, 0.15) is 5.82 Å². The fourth-order valence-electron chi connectivity index (χ4n) is 4.13. The van der Waals surface area contributed by atoms with E-state index >= 15 is 0 Å². The van der Waals surface area contributed by atoms with Gasteiger partial charge in [0.05, 0.1) is 22.6 Å². The molecule has 0 aliphatic heterocycles. The average molecular weight is 519 g/mol. The fraction of sp³-hybridized carbons (Fsp3) is 0.0714. The van der Waals surface area contributed by atoms with E-state index in [1.54, 1.807) is 61.5 Å². The van der Waals surface area contributed by atoms with Gasteiger partial charge in [-0.3, -0.25) is 24.3 Å². The van der Waals surface area contributed by atoms with E-state index in [0.717, 1.165) is 6.08 Å². The van der Waals surface area contributed by atoms with Crippen LogP contribution in [0.2, 0.25) is 0 Å². The predicted molar refractivity (Wildman–Crippen MR) is 146 cm³/mol. The van der Waals surface area contributed by atoms with Crippen LogP contribution in [0.5, 0.6) is 0 Å². The number of carbonyl (C=O) groups is 2. The molecule has 11 nitrogen and oxygen atoms in total. The standard InChI is InChI=1S/C28H22N8O3/c1-3-22(37)30-16-14-18-9-7-12-20-23(18)28(39)35(19-10-5-4-6-11-19)26(33-20)17(2)32-27(38)24-25(29)34-21-13-8-15-31-36(21)24/h3-13,15,17H,1,29H2,2H3,(H,30,37)(H,32,38). The van der Waals surface area contributed by atoms with Crippen molar-refractivity contribution in [3.05, 3.63) is 107 Å². The summed E-state index contributed by atoms with van der Waals surface area (Å²) in [6, 6.07) is 19.2. The second-order valence-corrected chi connectivity index (χ2v) is 8.42. The minimum atomic E-state index is -0.731. The van der Waals surface area contributed by atoms with E-state index in [9.17, 15) is 14.4 Å². The van der Waals surface area contributed by atoms with E-state index < -0.39 is 23.4 Å². The number of para-hydroxylation sites is 1. The molecule has 0 fully saturated rings. The van der Waals surface area contributed by atoms with Crippen molar-refractivity contribution < 1.29 is 9.59 Å². The van der Waals surface area contributed by atoms with Crippen LogP contribution in [0.1, 0.15) is 34.8 Å². The predicted octanol–water partition coefficient (Wildman–Crippen LogP) is 2.11. The van der Waals surface area contributed by atoms with Crippen LogP contribution in [0, 0.1) is 12.0 Å². The highest BCUT2D eigenvalue weighted by molar-refractivity contribution is 5.98. The average Bonchev–Trinajstić information content (AvgIpc) is 3.28. The van der Waals surface area contributed by atoms with Gasteiger partial charge in [0.25, 0.3) is 17.4 Å². The molecule has 1 atom stereocenters. The number of aromatic nitrogens is 5. The first-order chi connectivity index (χ1) is 18.9. The number of rotatable bonds is 5. The van der Waals surface area contributed by atoms with Crippen molar-refractivity contribution in [1.29, 1.82) is 0 Å². The van der Waals surface area contributed by atoms with Gasteiger partial charge in [-0.2, -0.15) is 5.10 Å². The van der Waals surface area contributed by atoms with Crippen LogP contribution < -0.4 is 21.9 Å². The van der Waals surface area contributed by atoms with Crippen LogP contribution >= 0.6 is 0 Å². The van der Waals surface area contributed by atoms with Crippen molar-refractivity contribution in [3.8, 4) is 17.7 Å². The zero-order valence-electron chi connectivity index (χ0n) is 20.8. The van der Waals surface area contributed by atoms with Crippen molar-refractivity contribution >= 4 is 34.2 Å². The number of nitrogens with two attached hydrogens (primary N) is 1. The lowest BCUT2D eigenvalue weighted by molar-refractivity contribution is -0.115. The van der Waals surface area contributed by atoms with Crippen LogP contribution in [-0.4, -0.2) is 36.0 Å². The second-order valence-electron chi connectivity index (χ2n) is 8.42. The zero-order chi connectivity index (χ0) is 27.5. The molecule has 0 bridgehead atoms. The number of nitrogens with zero attached hydrogens (tertiary/aromatic N) is 5. The van der Waals surface area contributed by atoms with E-state index in [1.165, 1.54) is 15.3 Å². The van der Waals surface area contributed by atoms with Gasteiger partial charge in [0, 0.05) is 17.8 Å². The molecule has 0 aliphatic carbocycles. The minimum Gasteiger partial charge on any atom is -0.382 e. The third kappa shape index (κ3) is 4.70. The Balaban J connectivity index is 1.63. The first kappa shape index (κ1) is 24.9. The molecule has 192 valence electrons. The van der Waals surface area contributed by atoms with Crippen LogP contribution in [0.15, 0.2) is 84.3 Å². The molecule has 2 amide bonds. The number of amides is 2. The molecule has 11 heteroatoms. The summed E-state index contributed by atoms with van der Waals surface area (Å²) in [6.45, 7) is 5.10. The molecule has 2 aromatic carbocycles. The van der Waals surface area contributed by atoms with Crippen molar-refractivity contribution in [1.82, 2.24) is 34.8 Å². The molecule has 0 aliphatic rings. The molecule has 39 heavy (non-hydrogen) atoms. The van der Waals surface area contributed by atoms with E-state index in [-0.39, 0.29) is 22.7 Å². The minimum absolute atomic E-state index is 0.0251. The van der Waals surface area contributed by atoms with Gasteiger partial charge in [-0.1, -0.05) is 30.8 Å². The summed E-state index contributed by atoms with van der Waals surface area (Å²) in [7, 11) is 0. The summed E-state index contributed by atoms with van der Waals surface area (Å²) >= 11 is 0. The molecule has 3 heterocycles. The lowest BCUT2D eigenvalue weighted by atomic mass is 10.1. The Labute approximate surface area is 222 Å². The molecule has 4 N–H and O–H groups in total. The number of benzene rings is 2. The molecule has 3 aromatic heterocycles. The number of nitrogens with one attached hydrogen (secondary N) is 2. The topological polar surface area (TPSA) is 149 Å². The number of imidazole rings is 1. The number of anilines is 1. The quantitative estimate of drug-likeness (QED) is 0.183. The Morgan fingerprint density at radius 3 is 2.64 bits per heavy atom. The summed E-state index contributed by atoms with van der Waals surface area (Å²) in [4.78, 5) is 47.7. The second kappa shape index (κ2) is 10.3. The van der Waals surface area contributed by atoms with Crippen molar-refractivity contribution in [3.63, 3.8) is 0 Å². The van der Waals surface area contributed by atoms with Crippen LogP contribution in [-0.2, 0) is 4.79 Å². The number of nitrogen functional groups attached to an aromatic ring is 1. The first-order valence-corrected chi connectivity index (χ1v) is 11.8. The fourth-order valence-corrected chi connectivity index (χ4v) is 4.13. The van der Waals surface area contributed by atoms with E-state index in [2.05, 4.69) is 39.3 Å². The third-order valence-corrected chi connectivity index (χ3v) is 5.88. The number of hydrogen-bond donors (Lipinski definition) is 3. The molecule has 5 rings (SSSR count). The Morgan fingerprint density at radius 1 is 1.08 bits per heavy atom. The summed E-state index contributed by atoms with van der Waals surface area (Å²) in [6.07, 6.45) is 2.62. The maximum absolute atomic E-state index is 14.0. The van der Waals surface area contributed by atoms with Gasteiger partial charge in [-0.05, 0) is 55.3 Å². The monoisotopic (exact) mass is 518 g/mol. The van der Waals surface area contributed by atoms with Crippen LogP contribution in [0.3, 0.4) is 0 Å². The normalized spacial score (nSPS) is 11.4.